The van der Waals surface area contributed by atoms with Gasteiger partial charge in [0, 0.05) is 0 Å². The van der Waals surface area contributed by atoms with Crippen LogP contribution in [-0.4, -0.2) is 17.9 Å². The van der Waals surface area contributed by atoms with Crippen LogP contribution in [0.15, 0.2) is 30.0 Å². The van der Waals surface area contributed by atoms with Crippen LogP contribution in [0.1, 0.15) is 18.1 Å². The Bertz CT molecular complexity index is 489. The summed E-state index contributed by atoms with van der Waals surface area (Å²) in [6, 6.07) is 7.24. The summed E-state index contributed by atoms with van der Waals surface area (Å²) < 4.78 is 0. The maximum atomic E-state index is 11.6. The molecule has 1 aromatic carbocycles. The molecular formula is C13H14N2O2. The quantitative estimate of drug-likeness (QED) is 0.706. The van der Waals surface area contributed by atoms with E-state index in [2.05, 4.69) is 10.6 Å². The van der Waals surface area contributed by atoms with E-state index in [1.807, 2.05) is 31.2 Å². The first-order valence-electron chi connectivity index (χ1n) is 5.46. The summed E-state index contributed by atoms with van der Waals surface area (Å²) in [6.07, 6.45) is 1.67. The number of carbonyl (C=O) groups excluding carboxylic acids is 2. The molecule has 4 heteroatoms. The number of benzene rings is 1. The van der Waals surface area contributed by atoms with Gasteiger partial charge in [0.2, 0.25) is 5.91 Å². The number of nitrogens with one attached hydrogen (secondary N) is 2. The average molecular weight is 230 g/mol. The molecule has 1 atom stereocenters. The molecule has 2 rings (SSSR count). The maximum Gasteiger partial charge on any atom is 0.268 e. The first kappa shape index (κ1) is 11.4. The topological polar surface area (TPSA) is 58.2 Å². The lowest BCUT2D eigenvalue weighted by atomic mass is 10.1. The van der Waals surface area contributed by atoms with E-state index in [0.29, 0.717) is 0 Å². The van der Waals surface area contributed by atoms with E-state index in [1.165, 1.54) is 0 Å². The van der Waals surface area contributed by atoms with Crippen molar-refractivity contribution in [3.05, 3.63) is 41.1 Å². The molecule has 2 amide bonds. The highest BCUT2D eigenvalue weighted by atomic mass is 16.2. The fraction of sp³-hybridized carbons (Fsp3) is 0.231. The minimum Gasteiger partial charge on any atom is -0.339 e. The zero-order chi connectivity index (χ0) is 12.4. The third-order valence-corrected chi connectivity index (χ3v) is 2.63. The molecule has 1 aliphatic rings. The van der Waals surface area contributed by atoms with Crippen LogP contribution in [-0.2, 0) is 9.59 Å². The van der Waals surface area contributed by atoms with Gasteiger partial charge in [-0.25, -0.2) is 0 Å². The molecule has 0 spiro atoms. The summed E-state index contributed by atoms with van der Waals surface area (Å²) in [7, 11) is 0. The molecule has 0 aromatic heterocycles. The minimum absolute atomic E-state index is 0.192. The van der Waals surface area contributed by atoms with Crippen molar-refractivity contribution in [2.24, 2.45) is 0 Å². The van der Waals surface area contributed by atoms with Crippen molar-refractivity contribution in [2.75, 3.05) is 0 Å². The van der Waals surface area contributed by atoms with Crippen molar-refractivity contribution in [3.8, 4) is 0 Å². The molecule has 1 aliphatic heterocycles. The van der Waals surface area contributed by atoms with E-state index < -0.39 is 6.04 Å². The van der Waals surface area contributed by atoms with Crippen LogP contribution in [0.5, 0.6) is 0 Å². The normalized spacial score (nSPS) is 22.2. The third-order valence-electron chi connectivity index (χ3n) is 2.63. The molecule has 88 valence electrons. The van der Waals surface area contributed by atoms with Gasteiger partial charge in [-0.05, 0) is 25.5 Å². The van der Waals surface area contributed by atoms with Crippen LogP contribution in [0.25, 0.3) is 6.08 Å². The summed E-state index contributed by atoms with van der Waals surface area (Å²) in [6.45, 7) is 3.64. The van der Waals surface area contributed by atoms with Gasteiger partial charge in [0.25, 0.3) is 5.91 Å². The van der Waals surface area contributed by atoms with Crippen LogP contribution >= 0.6 is 0 Å². The Balaban J connectivity index is 2.24. The molecule has 2 N–H and O–H groups in total. The minimum atomic E-state index is -0.474. The van der Waals surface area contributed by atoms with Crippen molar-refractivity contribution in [1.82, 2.24) is 10.6 Å². The van der Waals surface area contributed by atoms with E-state index in [1.54, 1.807) is 13.0 Å². The Labute approximate surface area is 99.7 Å². The lowest BCUT2D eigenvalue weighted by Gasteiger charge is -2.21. The van der Waals surface area contributed by atoms with Crippen molar-refractivity contribution >= 4 is 17.9 Å². The standard InChI is InChI=1S/C13H14N2O2/c1-8-3-5-10(6-4-8)7-11-13(17)14-9(2)12(16)15-11/h3-7,9H,1-2H3,(H,14,17)(H,15,16)/b11-7-. The van der Waals surface area contributed by atoms with E-state index in [4.69, 9.17) is 0 Å². The van der Waals surface area contributed by atoms with Gasteiger partial charge in [-0.2, -0.15) is 0 Å². The van der Waals surface area contributed by atoms with E-state index >= 15 is 0 Å². The molecule has 0 aliphatic carbocycles. The van der Waals surface area contributed by atoms with Gasteiger partial charge >= 0.3 is 0 Å². The lowest BCUT2D eigenvalue weighted by molar-refractivity contribution is -0.130. The van der Waals surface area contributed by atoms with Gasteiger partial charge in [-0.3, -0.25) is 9.59 Å². The Morgan fingerprint density at radius 2 is 1.82 bits per heavy atom. The smallest absolute Gasteiger partial charge is 0.268 e. The summed E-state index contributed by atoms with van der Waals surface area (Å²) in [5.41, 5.74) is 2.32. The summed E-state index contributed by atoms with van der Waals surface area (Å²) >= 11 is 0. The van der Waals surface area contributed by atoms with Crippen molar-refractivity contribution in [3.63, 3.8) is 0 Å². The first-order valence-corrected chi connectivity index (χ1v) is 5.46. The van der Waals surface area contributed by atoms with Crippen LogP contribution in [0.3, 0.4) is 0 Å². The fourth-order valence-corrected chi connectivity index (χ4v) is 1.57. The van der Waals surface area contributed by atoms with Crippen LogP contribution in [0.4, 0.5) is 0 Å². The van der Waals surface area contributed by atoms with Crippen LogP contribution in [0.2, 0.25) is 0 Å². The SMILES string of the molecule is Cc1ccc(/C=C2\NC(=O)C(C)NC2=O)cc1. The average Bonchev–Trinajstić information content (AvgIpc) is 2.29. The van der Waals surface area contributed by atoms with E-state index in [0.717, 1.165) is 11.1 Å². The maximum absolute atomic E-state index is 11.6. The summed E-state index contributed by atoms with van der Waals surface area (Å²) in [5, 5.41) is 5.18. The second-order valence-electron chi connectivity index (χ2n) is 4.15. The van der Waals surface area contributed by atoms with Gasteiger partial charge in [0.05, 0.1) is 0 Å². The predicted octanol–water partition coefficient (Wildman–Crippen LogP) is 0.970. The zero-order valence-electron chi connectivity index (χ0n) is 9.78. The molecule has 1 aromatic rings. The summed E-state index contributed by atoms with van der Waals surface area (Å²) in [4.78, 5) is 23.1. The number of hydrogen-bond acceptors (Lipinski definition) is 2. The lowest BCUT2D eigenvalue weighted by Crippen LogP contribution is -2.53. The van der Waals surface area contributed by atoms with Crippen molar-refractivity contribution < 1.29 is 9.59 Å². The van der Waals surface area contributed by atoms with Gasteiger partial charge in [0.15, 0.2) is 0 Å². The summed E-state index contributed by atoms with van der Waals surface area (Å²) in [5.74, 6) is -0.444. The van der Waals surface area contributed by atoms with E-state index in [-0.39, 0.29) is 17.5 Å². The second-order valence-corrected chi connectivity index (χ2v) is 4.15. The van der Waals surface area contributed by atoms with Gasteiger partial charge < -0.3 is 10.6 Å². The predicted molar refractivity (Wildman–Crippen MR) is 64.9 cm³/mol. The number of rotatable bonds is 1. The molecule has 4 nitrogen and oxygen atoms in total. The van der Waals surface area contributed by atoms with Gasteiger partial charge in [-0.15, -0.1) is 0 Å². The second kappa shape index (κ2) is 4.41. The molecule has 1 fully saturated rings. The van der Waals surface area contributed by atoms with Crippen molar-refractivity contribution in [2.45, 2.75) is 19.9 Å². The molecule has 17 heavy (non-hydrogen) atoms. The molecule has 1 heterocycles. The highest BCUT2D eigenvalue weighted by Crippen LogP contribution is 2.09. The van der Waals surface area contributed by atoms with Crippen LogP contribution in [0, 0.1) is 6.92 Å². The molecule has 0 saturated carbocycles. The molecule has 1 unspecified atom stereocenters. The van der Waals surface area contributed by atoms with E-state index in [9.17, 15) is 9.59 Å². The highest BCUT2D eigenvalue weighted by Gasteiger charge is 2.25. The number of piperazine rings is 1. The highest BCUT2D eigenvalue weighted by molar-refractivity contribution is 6.07. The molecule has 0 radical (unpaired) electrons. The Kier molecular flexibility index (Phi) is 2.95. The molecule has 0 bridgehead atoms. The third kappa shape index (κ3) is 2.53. The van der Waals surface area contributed by atoms with Gasteiger partial charge in [-0.1, -0.05) is 29.8 Å². The fourth-order valence-electron chi connectivity index (χ4n) is 1.57. The molecule has 1 saturated heterocycles. The van der Waals surface area contributed by atoms with Gasteiger partial charge in [0.1, 0.15) is 11.7 Å². The zero-order valence-corrected chi connectivity index (χ0v) is 9.78. The Morgan fingerprint density at radius 3 is 2.47 bits per heavy atom. The number of amides is 2. The van der Waals surface area contributed by atoms with Crippen LogP contribution < -0.4 is 10.6 Å². The molecular weight excluding hydrogens is 216 g/mol. The Morgan fingerprint density at radius 1 is 1.18 bits per heavy atom. The number of carbonyl (C=O) groups is 2. The first-order chi connectivity index (χ1) is 8.06. The number of aryl methyl sites for hydroxylation is 1. The largest absolute Gasteiger partial charge is 0.339 e. The van der Waals surface area contributed by atoms with Crippen molar-refractivity contribution in [1.29, 1.82) is 0 Å². The Hall–Kier alpha value is -2.10. The monoisotopic (exact) mass is 230 g/mol. The number of hydrogen-bond donors (Lipinski definition) is 2.